The molecule has 0 aliphatic heterocycles. The summed E-state index contributed by atoms with van der Waals surface area (Å²) in [5.74, 6) is -0.302. The highest BCUT2D eigenvalue weighted by Crippen LogP contribution is 2.29. The van der Waals surface area contributed by atoms with Crippen LogP contribution in [0.3, 0.4) is 0 Å². The molecule has 2 nitrogen and oxygen atoms in total. The average Bonchev–Trinajstić information content (AvgIpc) is 2.36. The van der Waals surface area contributed by atoms with E-state index in [1.54, 1.807) is 12.1 Å². The van der Waals surface area contributed by atoms with Crippen LogP contribution in [-0.4, -0.2) is 24.5 Å². The van der Waals surface area contributed by atoms with E-state index < -0.39 is 0 Å². The van der Waals surface area contributed by atoms with Crippen LogP contribution in [0.5, 0.6) is 0 Å². The Kier molecular flexibility index (Phi) is 9.36. The van der Waals surface area contributed by atoms with Crippen molar-refractivity contribution in [1.82, 2.24) is 4.90 Å². The van der Waals surface area contributed by atoms with E-state index >= 15 is 0 Å². The van der Waals surface area contributed by atoms with Crippen LogP contribution in [0.15, 0.2) is 18.2 Å². The van der Waals surface area contributed by atoms with E-state index in [9.17, 15) is 4.39 Å². The highest BCUT2D eigenvalue weighted by atomic mass is 35.5. The van der Waals surface area contributed by atoms with Gasteiger partial charge < -0.3 is 5.73 Å². The number of hydrogen-bond acceptors (Lipinski definition) is 2. The zero-order chi connectivity index (χ0) is 13.5. The van der Waals surface area contributed by atoms with Crippen molar-refractivity contribution in [3.8, 4) is 0 Å². The molecule has 1 unspecified atom stereocenters. The second kappa shape index (κ2) is 9.54. The summed E-state index contributed by atoms with van der Waals surface area (Å²) >= 11 is 5.86. The minimum atomic E-state index is -0.302. The molecule has 0 spiro atoms. The molecular formula is C14H23Cl2FN2. The first kappa shape index (κ1) is 18.7. The van der Waals surface area contributed by atoms with Gasteiger partial charge in [-0.05, 0) is 25.5 Å². The molecule has 0 bridgehead atoms. The van der Waals surface area contributed by atoms with Crippen molar-refractivity contribution in [1.29, 1.82) is 0 Å². The van der Waals surface area contributed by atoms with E-state index in [4.69, 9.17) is 17.3 Å². The monoisotopic (exact) mass is 308 g/mol. The molecule has 1 atom stereocenters. The van der Waals surface area contributed by atoms with Gasteiger partial charge in [-0.25, -0.2) is 4.39 Å². The van der Waals surface area contributed by atoms with Crippen LogP contribution in [-0.2, 0) is 0 Å². The minimum absolute atomic E-state index is 0. The molecule has 0 aliphatic carbocycles. The third-order valence-electron chi connectivity index (χ3n) is 3.10. The van der Waals surface area contributed by atoms with Crippen LogP contribution < -0.4 is 5.73 Å². The number of nitrogens with zero attached hydrogens (tertiary/aromatic N) is 1. The lowest BCUT2D eigenvalue weighted by Crippen LogP contribution is -2.34. The Labute approximate surface area is 126 Å². The van der Waals surface area contributed by atoms with Gasteiger partial charge in [0.05, 0.1) is 5.02 Å². The Balaban J connectivity index is 0.00000324. The Hall–Kier alpha value is -0.350. The molecule has 1 rings (SSSR count). The van der Waals surface area contributed by atoms with Gasteiger partial charge in [-0.3, -0.25) is 4.90 Å². The maximum absolute atomic E-state index is 14.1. The topological polar surface area (TPSA) is 29.3 Å². The first-order valence-electron chi connectivity index (χ1n) is 6.53. The molecule has 1 aromatic carbocycles. The van der Waals surface area contributed by atoms with E-state index in [0.717, 1.165) is 25.9 Å². The van der Waals surface area contributed by atoms with Gasteiger partial charge >= 0.3 is 0 Å². The van der Waals surface area contributed by atoms with E-state index in [2.05, 4.69) is 18.7 Å². The number of hydrogen-bond donors (Lipinski definition) is 1. The molecule has 0 saturated heterocycles. The van der Waals surface area contributed by atoms with Crippen molar-refractivity contribution in [3.63, 3.8) is 0 Å². The van der Waals surface area contributed by atoms with Crippen molar-refractivity contribution in [2.75, 3.05) is 19.6 Å². The lowest BCUT2D eigenvalue weighted by atomic mass is 10.0. The van der Waals surface area contributed by atoms with E-state index in [-0.39, 0.29) is 29.3 Å². The van der Waals surface area contributed by atoms with Crippen molar-refractivity contribution < 1.29 is 4.39 Å². The predicted octanol–water partition coefficient (Wildman–Crippen LogP) is 4.02. The third-order valence-corrected chi connectivity index (χ3v) is 3.39. The summed E-state index contributed by atoms with van der Waals surface area (Å²) < 4.78 is 14.1. The molecule has 5 heteroatoms. The van der Waals surface area contributed by atoms with E-state index in [1.165, 1.54) is 0 Å². The molecule has 0 saturated carbocycles. The molecule has 19 heavy (non-hydrogen) atoms. The van der Waals surface area contributed by atoms with Gasteiger partial charge in [0.2, 0.25) is 0 Å². The highest BCUT2D eigenvalue weighted by molar-refractivity contribution is 6.30. The minimum Gasteiger partial charge on any atom is -0.329 e. The number of rotatable bonds is 7. The first-order valence-corrected chi connectivity index (χ1v) is 6.91. The van der Waals surface area contributed by atoms with E-state index in [1.807, 2.05) is 6.07 Å². The normalized spacial score (nSPS) is 12.3. The van der Waals surface area contributed by atoms with Crippen LogP contribution in [0.2, 0.25) is 5.02 Å². The van der Waals surface area contributed by atoms with Gasteiger partial charge in [0, 0.05) is 24.7 Å². The second-order valence-electron chi connectivity index (χ2n) is 4.39. The smallest absolute Gasteiger partial charge is 0.146 e. The Morgan fingerprint density at radius 2 is 2.00 bits per heavy atom. The van der Waals surface area contributed by atoms with Crippen molar-refractivity contribution in [2.24, 2.45) is 5.73 Å². The fourth-order valence-corrected chi connectivity index (χ4v) is 2.51. The van der Waals surface area contributed by atoms with Gasteiger partial charge in [0.25, 0.3) is 0 Å². The number of benzene rings is 1. The Morgan fingerprint density at radius 1 is 1.32 bits per heavy atom. The SMILES string of the molecule is CCCN(CCN)C(CC)c1cccc(Cl)c1F.Cl. The van der Waals surface area contributed by atoms with Crippen LogP contribution in [0.4, 0.5) is 4.39 Å². The molecule has 0 aromatic heterocycles. The van der Waals surface area contributed by atoms with Gasteiger partial charge in [-0.1, -0.05) is 37.6 Å². The molecule has 1 aromatic rings. The fraction of sp³-hybridized carbons (Fsp3) is 0.571. The summed E-state index contributed by atoms with van der Waals surface area (Å²) in [6, 6.07) is 5.25. The molecule has 0 aliphatic rings. The van der Waals surface area contributed by atoms with Crippen LogP contribution in [0.1, 0.15) is 38.3 Å². The average molecular weight is 309 g/mol. The summed E-state index contributed by atoms with van der Waals surface area (Å²) in [7, 11) is 0. The fourth-order valence-electron chi connectivity index (χ4n) is 2.33. The molecule has 2 N–H and O–H groups in total. The van der Waals surface area contributed by atoms with Crippen molar-refractivity contribution >= 4 is 24.0 Å². The van der Waals surface area contributed by atoms with Gasteiger partial charge in [-0.15, -0.1) is 12.4 Å². The van der Waals surface area contributed by atoms with E-state index in [0.29, 0.717) is 12.1 Å². The van der Waals surface area contributed by atoms with Crippen molar-refractivity contribution in [3.05, 3.63) is 34.6 Å². The molecule has 0 amide bonds. The summed E-state index contributed by atoms with van der Waals surface area (Å²) in [5, 5.41) is 0.190. The van der Waals surface area contributed by atoms with Crippen LogP contribution in [0, 0.1) is 5.82 Å². The van der Waals surface area contributed by atoms with Gasteiger partial charge in [0.15, 0.2) is 0 Å². The number of nitrogens with two attached hydrogens (primary N) is 1. The largest absolute Gasteiger partial charge is 0.329 e. The lowest BCUT2D eigenvalue weighted by Gasteiger charge is -2.31. The summed E-state index contributed by atoms with van der Waals surface area (Å²) in [5.41, 5.74) is 6.31. The molecule has 0 radical (unpaired) electrons. The van der Waals surface area contributed by atoms with Crippen LogP contribution >= 0.6 is 24.0 Å². The Morgan fingerprint density at radius 3 is 2.53 bits per heavy atom. The highest BCUT2D eigenvalue weighted by Gasteiger charge is 2.21. The van der Waals surface area contributed by atoms with Gasteiger partial charge in [0.1, 0.15) is 5.82 Å². The van der Waals surface area contributed by atoms with Crippen molar-refractivity contribution in [2.45, 2.75) is 32.7 Å². The van der Waals surface area contributed by atoms with Crippen LogP contribution in [0.25, 0.3) is 0 Å². The lowest BCUT2D eigenvalue weighted by molar-refractivity contribution is 0.194. The quantitative estimate of drug-likeness (QED) is 0.824. The molecule has 0 heterocycles. The maximum Gasteiger partial charge on any atom is 0.146 e. The predicted molar refractivity (Wildman–Crippen MR) is 82.6 cm³/mol. The standard InChI is InChI=1S/C14H22ClFN2.ClH/c1-3-9-18(10-8-17)13(4-2)11-6-5-7-12(15)14(11)16;/h5-7,13H,3-4,8-10,17H2,1-2H3;1H. The molecule has 110 valence electrons. The second-order valence-corrected chi connectivity index (χ2v) is 4.80. The first-order chi connectivity index (χ1) is 8.65. The third kappa shape index (κ3) is 4.92. The maximum atomic E-state index is 14.1. The summed E-state index contributed by atoms with van der Waals surface area (Å²) in [4.78, 5) is 2.23. The molecular weight excluding hydrogens is 286 g/mol. The Bertz CT molecular complexity index is 368. The number of halogens is 3. The molecule has 0 fully saturated rings. The zero-order valence-electron chi connectivity index (χ0n) is 11.5. The summed E-state index contributed by atoms with van der Waals surface area (Å²) in [6.07, 6.45) is 1.87. The zero-order valence-corrected chi connectivity index (χ0v) is 13.1. The summed E-state index contributed by atoms with van der Waals surface area (Å²) in [6.45, 7) is 6.45. The van der Waals surface area contributed by atoms with Gasteiger partial charge in [-0.2, -0.15) is 0 Å².